The third-order valence-electron chi connectivity index (χ3n) is 5.06. The molecule has 4 rings (SSSR count). The number of benzene rings is 3. The number of aliphatic carboxylic acids is 1. The van der Waals surface area contributed by atoms with E-state index in [9.17, 15) is 22.8 Å². The van der Waals surface area contributed by atoms with E-state index in [0.717, 1.165) is 16.8 Å². The van der Waals surface area contributed by atoms with Gasteiger partial charge in [-0.25, -0.2) is 9.78 Å². The number of aromatic nitrogens is 2. The van der Waals surface area contributed by atoms with E-state index in [-0.39, 0.29) is 16.8 Å². The predicted octanol–water partition coefficient (Wildman–Crippen LogP) is 4.82. The molecule has 1 atom stereocenters. The highest BCUT2D eigenvalue weighted by Gasteiger charge is 2.31. The van der Waals surface area contributed by atoms with Gasteiger partial charge in [0.15, 0.2) is 11.9 Å². The monoisotopic (exact) mass is 481 g/mol. The number of hydrogen-bond acceptors (Lipinski definition) is 5. The summed E-state index contributed by atoms with van der Waals surface area (Å²) in [5.41, 5.74) is -0.486. The molecule has 3 aromatic carbocycles. The van der Waals surface area contributed by atoms with Crippen molar-refractivity contribution in [2.75, 3.05) is 0 Å². The van der Waals surface area contributed by atoms with E-state index < -0.39 is 29.4 Å². The van der Waals surface area contributed by atoms with Crippen molar-refractivity contribution in [1.82, 2.24) is 9.66 Å². The molecule has 0 fully saturated rings. The highest BCUT2D eigenvalue weighted by Crippen LogP contribution is 2.31. The lowest BCUT2D eigenvalue weighted by Crippen LogP contribution is -2.22. The summed E-state index contributed by atoms with van der Waals surface area (Å²) in [6, 6.07) is 17.3. The van der Waals surface area contributed by atoms with Crippen LogP contribution in [-0.4, -0.2) is 33.1 Å². The Morgan fingerprint density at radius 2 is 1.80 bits per heavy atom. The zero-order chi connectivity index (χ0) is 25.2. The van der Waals surface area contributed by atoms with Crippen LogP contribution in [0.2, 0.25) is 0 Å². The molecule has 35 heavy (non-hydrogen) atoms. The SMILES string of the molecule is C[C@H](Oc1ccc(C=Nn2c(-c3cccc(C(F)(F)F)c3)nc3ccccc3c2=O)cc1)C(=O)O. The largest absolute Gasteiger partial charge is 0.479 e. The van der Waals surface area contributed by atoms with E-state index in [1.54, 1.807) is 36.4 Å². The van der Waals surface area contributed by atoms with Gasteiger partial charge in [0.05, 0.1) is 22.7 Å². The van der Waals surface area contributed by atoms with E-state index in [0.29, 0.717) is 16.8 Å². The van der Waals surface area contributed by atoms with Gasteiger partial charge in [-0.2, -0.15) is 22.9 Å². The van der Waals surface area contributed by atoms with Crippen LogP contribution in [0.1, 0.15) is 18.1 Å². The standard InChI is InChI=1S/C25H18F3N3O4/c1-15(24(33)34)35-19-11-9-16(10-12-19)14-29-31-22(17-5-4-6-18(13-17)25(26,27)28)30-21-8-3-2-7-20(21)23(31)32/h2-15H,1H3,(H,33,34)/t15-/m0/s1. The third kappa shape index (κ3) is 5.21. The van der Waals surface area contributed by atoms with Crippen molar-refractivity contribution in [3.8, 4) is 17.1 Å². The lowest BCUT2D eigenvalue weighted by Gasteiger charge is -2.12. The van der Waals surface area contributed by atoms with Gasteiger partial charge in [0, 0.05) is 5.56 Å². The molecule has 178 valence electrons. The van der Waals surface area contributed by atoms with Crippen LogP contribution in [0.5, 0.6) is 5.75 Å². The summed E-state index contributed by atoms with van der Waals surface area (Å²) >= 11 is 0. The van der Waals surface area contributed by atoms with Gasteiger partial charge in [-0.3, -0.25) is 4.79 Å². The zero-order valence-electron chi connectivity index (χ0n) is 18.2. The second-order valence-corrected chi connectivity index (χ2v) is 7.56. The van der Waals surface area contributed by atoms with Gasteiger partial charge in [0.25, 0.3) is 5.56 Å². The minimum Gasteiger partial charge on any atom is -0.479 e. The molecule has 0 radical (unpaired) electrons. The number of carbonyl (C=O) groups is 1. The Morgan fingerprint density at radius 1 is 1.09 bits per heavy atom. The van der Waals surface area contributed by atoms with Crippen molar-refractivity contribution in [3.63, 3.8) is 0 Å². The number of alkyl halides is 3. The number of carboxylic acid groups (broad SMARTS) is 1. The first-order valence-corrected chi connectivity index (χ1v) is 10.4. The summed E-state index contributed by atoms with van der Waals surface area (Å²) < 4.78 is 46.1. The Bertz CT molecular complexity index is 1480. The number of fused-ring (bicyclic) bond motifs is 1. The third-order valence-corrected chi connectivity index (χ3v) is 5.06. The second-order valence-electron chi connectivity index (χ2n) is 7.56. The van der Waals surface area contributed by atoms with Crippen LogP contribution in [0.25, 0.3) is 22.3 Å². The van der Waals surface area contributed by atoms with Gasteiger partial charge in [-0.05, 0) is 61.0 Å². The number of hydrogen-bond donors (Lipinski definition) is 1. The average Bonchev–Trinajstić information content (AvgIpc) is 2.84. The number of para-hydroxylation sites is 1. The lowest BCUT2D eigenvalue weighted by atomic mass is 10.1. The molecule has 1 heterocycles. The molecular weight excluding hydrogens is 463 g/mol. The van der Waals surface area contributed by atoms with Gasteiger partial charge in [0.2, 0.25) is 0 Å². The fraction of sp³-hybridized carbons (Fsp3) is 0.120. The number of rotatable bonds is 6. The maximum Gasteiger partial charge on any atom is 0.416 e. The van der Waals surface area contributed by atoms with Crippen LogP contribution in [0.3, 0.4) is 0 Å². The van der Waals surface area contributed by atoms with Crippen molar-refractivity contribution >= 4 is 23.1 Å². The molecule has 0 aliphatic rings. The van der Waals surface area contributed by atoms with Gasteiger partial charge < -0.3 is 9.84 Å². The number of halogens is 3. The first-order chi connectivity index (χ1) is 16.6. The summed E-state index contributed by atoms with van der Waals surface area (Å²) in [7, 11) is 0. The molecule has 0 aliphatic carbocycles. The summed E-state index contributed by atoms with van der Waals surface area (Å²) in [6.07, 6.45) is -4.26. The Labute approximate surface area is 196 Å². The van der Waals surface area contributed by atoms with Crippen molar-refractivity contribution in [2.45, 2.75) is 19.2 Å². The van der Waals surface area contributed by atoms with E-state index in [1.807, 2.05) is 0 Å². The molecule has 7 nitrogen and oxygen atoms in total. The molecule has 0 aliphatic heterocycles. The Balaban J connectivity index is 1.77. The van der Waals surface area contributed by atoms with Crippen LogP contribution < -0.4 is 10.3 Å². The van der Waals surface area contributed by atoms with Crippen LogP contribution >= 0.6 is 0 Å². The van der Waals surface area contributed by atoms with Crippen LogP contribution in [-0.2, 0) is 11.0 Å². The summed E-state index contributed by atoms with van der Waals surface area (Å²) in [5.74, 6) is -0.835. The highest BCUT2D eigenvalue weighted by molar-refractivity contribution is 5.82. The molecule has 0 amide bonds. The molecule has 0 saturated carbocycles. The molecule has 0 saturated heterocycles. The molecule has 1 aromatic heterocycles. The molecule has 0 bridgehead atoms. The predicted molar refractivity (Wildman–Crippen MR) is 124 cm³/mol. The lowest BCUT2D eigenvalue weighted by molar-refractivity contribution is -0.144. The Kier molecular flexibility index (Phi) is 6.37. The maximum absolute atomic E-state index is 13.3. The van der Waals surface area contributed by atoms with E-state index in [4.69, 9.17) is 9.84 Å². The van der Waals surface area contributed by atoms with E-state index in [2.05, 4.69) is 10.1 Å². The summed E-state index contributed by atoms with van der Waals surface area (Å²) in [6.45, 7) is 1.39. The van der Waals surface area contributed by atoms with Gasteiger partial charge in [-0.15, -0.1) is 0 Å². The topological polar surface area (TPSA) is 93.8 Å². The normalized spacial score (nSPS) is 12.7. The molecule has 4 aromatic rings. The summed E-state index contributed by atoms with van der Waals surface area (Å²) in [5, 5.41) is 13.4. The minimum absolute atomic E-state index is 0.0497. The van der Waals surface area contributed by atoms with Gasteiger partial charge in [-0.1, -0.05) is 24.3 Å². The Morgan fingerprint density at radius 3 is 2.49 bits per heavy atom. The number of carboxylic acids is 1. The molecule has 10 heteroatoms. The van der Waals surface area contributed by atoms with Gasteiger partial charge >= 0.3 is 12.1 Å². The first kappa shape index (κ1) is 23.7. The number of ether oxygens (including phenoxy) is 1. The average molecular weight is 481 g/mol. The van der Waals surface area contributed by atoms with Crippen molar-refractivity contribution in [3.05, 3.63) is 94.3 Å². The smallest absolute Gasteiger partial charge is 0.416 e. The zero-order valence-corrected chi connectivity index (χ0v) is 18.2. The van der Waals surface area contributed by atoms with Crippen molar-refractivity contribution in [1.29, 1.82) is 0 Å². The quantitative estimate of drug-likeness (QED) is 0.399. The summed E-state index contributed by atoms with van der Waals surface area (Å²) in [4.78, 5) is 28.5. The van der Waals surface area contributed by atoms with Crippen LogP contribution in [0.15, 0.2) is 82.7 Å². The highest BCUT2D eigenvalue weighted by atomic mass is 19.4. The van der Waals surface area contributed by atoms with Crippen LogP contribution in [0.4, 0.5) is 13.2 Å². The Hall–Kier alpha value is -4.47. The molecule has 0 unspecified atom stereocenters. The molecular formula is C25H18F3N3O4. The maximum atomic E-state index is 13.3. The fourth-order valence-electron chi connectivity index (χ4n) is 3.26. The van der Waals surface area contributed by atoms with E-state index in [1.165, 1.54) is 37.4 Å². The van der Waals surface area contributed by atoms with Gasteiger partial charge in [0.1, 0.15) is 5.75 Å². The number of nitrogens with zero attached hydrogens (tertiary/aromatic N) is 3. The fourth-order valence-corrected chi connectivity index (χ4v) is 3.26. The second kappa shape index (κ2) is 9.41. The molecule has 0 spiro atoms. The van der Waals surface area contributed by atoms with Crippen molar-refractivity contribution < 1.29 is 27.8 Å². The molecule has 1 N–H and O–H groups in total. The van der Waals surface area contributed by atoms with Crippen LogP contribution in [0, 0.1) is 0 Å². The minimum atomic E-state index is -4.57. The van der Waals surface area contributed by atoms with Crippen molar-refractivity contribution in [2.24, 2.45) is 5.10 Å². The first-order valence-electron chi connectivity index (χ1n) is 10.4. The van der Waals surface area contributed by atoms with E-state index >= 15 is 0 Å².